The van der Waals surface area contributed by atoms with Gasteiger partial charge in [-0.3, -0.25) is 4.79 Å². The molecule has 1 aromatic rings. The lowest BCUT2D eigenvalue weighted by Gasteiger charge is -2.18. The van der Waals surface area contributed by atoms with Crippen molar-refractivity contribution in [1.82, 2.24) is 5.32 Å². The fraction of sp³-hybridized carbons (Fsp3) is 0.250. The molecule has 0 spiro atoms. The van der Waals surface area contributed by atoms with Crippen LogP contribution < -0.4 is 5.32 Å². The van der Waals surface area contributed by atoms with Crippen molar-refractivity contribution in [3.63, 3.8) is 0 Å². The van der Waals surface area contributed by atoms with E-state index in [1.807, 2.05) is 6.08 Å². The molecule has 1 unspecified atom stereocenters. The Labute approximate surface area is 92.0 Å². The third-order valence-electron chi connectivity index (χ3n) is 2.50. The maximum atomic E-state index is 12.9. The number of carbonyl (C=O) groups excluding carboxylic acids is 1. The number of hydrogen-bond acceptors (Lipinski definition) is 2. The minimum atomic E-state index is -0.727. The Hall–Kier alpha value is -1.71. The molecule has 0 radical (unpaired) electrons. The van der Waals surface area contributed by atoms with Gasteiger partial charge in [0.05, 0.1) is 6.04 Å². The van der Waals surface area contributed by atoms with Crippen molar-refractivity contribution in [1.29, 1.82) is 0 Å². The number of halogens is 2. The van der Waals surface area contributed by atoms with E-state index in [0.29, 0.717) is 6.42 Å². The van der Waals surface area contributed by atoms with Gasteiger partial charge >= 0.3 is 0 Å². The van der Waals surface area contributed by atoms with Crippen LogP contribution in [0.15, 0.2) is 30.5 Å². The highest BCUT2D eigenvalue weighted by Crippen LogP contribution is 2.14. The molecule has 0 aromatic heterocycles. The molecular weight excluding hydrogens is 212 g/mol. The van der Waals surface area contributed by atoms with Gasteiger partial charge in [0.25, 0.3) is 0 Å². The van der Waals surface area contributed by atoms with E-state index in [9.17, 15) is 13.6 Å². The second kappa shape index (κ2) is 4.43. The Kier molecular flexibility index (Phi) is 2.99. The molecule has 84 valence electrons. The predicted molar refractivity (Wildman–Crippen MR) is 56.0 cm³/mol. The van der Waals surface area contributed by atoms with Crippen molar-refractivity contribution in [2.24, 2.45) is 0 Å². The van der Waals surface area contributed by atoms with Gasteiger partial charge in [0, 0.05) is 11.6 Å². The van der Waals surface area contributed by atoms with E-state index in [-0.39, 0.29) is 17.4 Å². The second-order valence-corrected chi connectivity index (χ2v) is 3.72. The summed E-state index contributed by atoms with van der Waals surface area (Å²) in [6.45, 7) is 0. The summed E-state index contributed by atoms with van der Waals surface area (Å²) in [5, 5.41) is 2.88. The number of carbonyl (C=O) groups is 1. The van der Waals surface area contributed by atoms with Crippen LogP contribution in [0.2, 0.25) is 0 Å². The number of allylic oxidation sites excluding steroid dienone is 1. The van der Waals surface area contributed by atoms with Crippen molar-refractivity contribution in [3.05, 3.63) is 47.7 Å². The smallest absolute Gasteiger partial charge is 0.185 e. The topological polar surface area (TPSA) is 29.1 Å². The zero-order chi connectivity index (χ0) is 11.5. The summed E-state index contributed by atoms with van der Waals surface area (Å²) in [5.74, 6) is -1.73. The van der Waals surface area contributed by atoms with Gasteiger partial charge in [0.2, 0.25) is 0 Å². The van der Waals surface area contributed by atoms with Gasteiger partial charge in [-0.1, -0.05) is 6.08 Å². The summed E-state index contributed by atoms with van der Waals surface area (Å²) in [5.41, 5.74) is 0.0744. The summed E-state index contributed by atoms with van der Waals surface area (Å²) < 4.78 is 25.9. The van der Waals surface area contributed by atoms with Crippen molar-refractivity contribution >= 4 is 5.78 Å². The van der Waals surface area contributed by atoms with Crippen LogP contribution in [0.4, 0.5) is 8.78 Å². The van der Waals surface area contributed by atoms with E-state index in [4.69, 9.17) is 0 Å². The van der Waals surface area contributed by atoms with Crippen LogP contribution in [0.1, 0.15) is 23.2 Å². The Morgan fingerprint density at radius 2 is 1.94 bits per heavy atom. The standard InChI is InChI=1S/C12H11F2NO/c13-9-5-8(6-10(14)7-9)12(16)11-3-1-2-4-15-11/h2,4-7,11,15H,1,3H2. The molecule has 1 aromatic carbocycles. The largest absolute Gasteiger partial charge is 0.381 e. The van der Waals surface area contributed by atoms with Crippen molar-refractivity contribution in [3.8, 4) is 0 Å². The molecule has 2 rings (SSSR count). The minimum absolute atomic E-state index is 0.0744. The quantitative estimate of drug-likeness (QED) is 0.780. The zero-order valence-electron chi connectivity index (χ0n) is 8.54. The summed E-state index contributed by atoms with van der Waals surface area (Å²) in [6.07, 6.45) is 5.05. The van der Waals surface area contributed by atoms with Crippen LogP contribution in [0.25, 0.3) is 0 Å². The SMILES string of the molecule is O=C(c1cc(F)cc(F)c1)C1CCC=CN1. The van der Waals surface area contributed by atoms with Crippen molar-refractivity contribution < 1.29 is 13.6 Å². The summed E-state index contributed by atoms with van der Waals surface area (Å²) in [4.78, 5) is 11.9. The highest BCUT2D eigenvalue weighted by Gasteiger charge is 2.20. The molecule has 0 amide bonds. The Morgan fingerprint density at radius 1 is 1.25 bits per heavy atom. The highest BCUT2D eigenvalue weighted by atomic mass is 19.1. The minimum Gasteiger partial charge on any atom is -0.381 e. The van der Waals surface area contributed by atoms with E-state index in [1.165, 1.54) is 0 Å². The maximum absolute atomic E-state index is 12.9. The Morgan fingerprint density at radius 3 is 2.50 bits per heavy atom. The predicted octanol–water partition coefficient (Wildman–Crippen LogP) is 2.41. The van der Waals surface area contributed by atoms with Gasteiger partial charge in [-0.25, -0.2) is 8.78 Å². The second-order valence-electron chi connectivity index (χ2n) is 3.72. The van der Waals surface area contributed by atoms with E-state index in [2.05, 4.69) is 5.32 Å². The normalized spacial score (nSPS) is 19.2. The van der Waals surface area contributed by atoms with Crippen LogP contribution in [0.5, 0.6) is 0 Å². The fourth-order valence-electron chi connectivity index (χ4n) is 1.72. The average molecular weight is 223 g/mol. The molecule has 4 heteroatoms. The number of rotatable bonds is 2. The monoisotopic (exact) mass is 223 g/mol. The van der Waals surface area contributed by atoms with Crippen LogP contribution in [-0.4, -0.2) is 11.8 Å². The first-order valence-corrected chi connectivity index (χ1v) is 5.08. The van der Waals surface area contributed by atoms with Crippen LogP contribution in [-0.2, 0) is 0 Å². The van der Waals surface area contributed by atoms with E-state index in [1.54, 1.807) is 6.20 Å². The summed E-state index contributed by atoms with van der Waals surface area (Å²) in [6, 6.07) is 2.49. The number of ketones is 1. The molecule has 16 heavy (non-hydrogen) atoms. The lowest BCUT2D eigenvalue weighted by atomic mass is 9.98. The van der Waals surface area contributed by atoms with E-state index >= 15 is 0 Å². The molecule has 0 fully saturated rings. The molecule has 2 nitrogen and oxygen atoms in total. The van der Waals surface area contributed by atoms with Crippen molar-refractivity contribution in [2.75, 3.05) is 0 Å². The van der Waals surface area contributed by atoms with Crippen LogP contribution in [0, 0.1) is 11.6 Å². The first-order valence-electron chi connectivity index (χ1n) is 5.08. The molecule has 1 aliphatic rings. The fourth-order valence-corrected chi connectivity index (χ4v) is 1.72. The van der Waals surface area contributed by atoms with Gasteiger partial charge < -0.3 is 5.32 Å². The molecule has 1 N–H and O–H groups in total. The summed E-state index contributed by atoms with van der Waals surface area (Å²) in [7, 11) is 0. The molecule has 0 saturated carbocycles. The molecule has 0 bridgehead atoms. The van der Waals surface area contributed by atoms with Gasteiger partial charge in [-0.05, 0) is 31.2 Å². The van der Waals surface area contributed by atoms with E-state index < -0.39 is 11.6 Å². The van der Waals surface area contributed by atoms with E-state index in [0.717, 1.165) is 24.6 Å². The average Bonchev–Trinajstić information content (AvgIpc) is 2.28. The lowest BCUT2D eigenvalue weighted by Crippen LogP contribution is -2.35. The number of benzene rings is 1. The zero-order valence-corrected chi connectivity index (χ0v) is 8.54. The van der Waals surface area contributed by atoms with Crippen LogP contribution >= 0.6 is 0 Å². The molecule has 0 saturated heterocycles. The molecule has 1 atom stereocenters. The van der Waals surface area contributed by atoms with Crippen LogP contribution in [0.3, 0.4) is 0 Å². The molecular formula is C12H11F2NO. The number of Topliss-reactive ketones (excluding diaryl/α,β-unsaturated/α-hetero) is 1. The Balaban J connectivity index is 2.23. The number of hydrogen-bond donors (Lipinski definition) is 1. The summed E-state index contributed by atoms with van der Waals surface area (Å²) >= 11 is 0. The third-order valence-corrected chi connectivity index (χ3v) is 2.50. The molecule has 1 heterocycles. The van der Waals surface area contributed by atoms with Gasteiger partial charge in [-0.2, -0.15) is 0 Å². The first kappa shape index (κ1) is 10.8. The highest BCUT2D eigenvalue weighted by molar-refractivity contribution is 6.00. The van der Waals surface area contributed by atoms with Gasteiger partial charge in [-0.15, -0.1) is 0 Å². The maximum Gasteiger partial charge on any atom is 0.185 e. The third kappa shape index (κ3) is 2.27. The van der Waals surface area contributed by atoms with Gasteiger partial charge in [0.1, 0.15) is 11.6 Å². The van der Waals surface area contributed by atoms with Gasteiger partial charge in [0.15, 0.2) is 5.78 Å². The number of nitrogens with one attached hydrogen (secondary N) is 1. The molecule has 1 aliphatic heterocycles. The first-order chi connectivity index (χ1) is 7.66. The molecule has 0 aliphatic carbocycles. The Bertz CT molecular complexity index is 422. The van der Waals surface area contributed by atoms with Crippen molar-refractivity contribution in [2.45, 2.75) is 18.9 Å². The lowest BCUT2D eigenvalue weighted by molar-refractivity contribution is 0.0942.